The molecule has 0 unspecified atom stereocenters. The van der Waals surface area contributed by atoms with Crippen LogP contribution in [-0.4, -0.2) is 27.9 Å². The molecular formula is C9H14N2O4. The predicted octanol–water partition coefficient (Wildman–Crippen LogP) is 0.968. The Labute approximate surface area is 87.3 Å². The van der Waals surface area contributed by atoms with Gasteiger partial charge in [-0.25, -0.2) is 4.79 Å². The van der Waals surface area contributed by atoms with Gasteiger partial charge >= 0.3 is 5.97 Å². The smallest absolute Gasteiger partial charge is 0.329 e. The molecule has 0 bridgehead atoms. The van der Waals surface area contributed by atoms with E-state index >= 15 is 0 Å². The molecule has 15 heavy (non-hydrogen) atoms. The zero-order valence-corrected chi connectivity index (χ0v) is 8.98. The van der Waals surface area contributed by atoms with Gasteiger partial charge in [0.25, 0.3) is 0 Å². The van der Waals surface area contributed by atoms with E-state index in [9.17, 15) is 4.79 Å². The average Bonchev–Trinajstić information content (AvgIpc) is 2.51. The van der Waals surface area contributed by atoms with Crippen molar-refractivity contribution in [3.63, 3.8) is 0 Å². The fourth-order valence-corrected chi connectivity index (χ4v) is 0.841. The van der Waals surface area contributed by atoms with E-state index in [1.807, 2.05) is 20.8 Å². The fraction of sp³-hybridized carbons (Fsp3) is 0.667. The van der Waals surface area contributed by atoms with E-state index < -0.39 is 5.97 Å². The Bertz CT molecular complexity index is 340. The van der Waals surface area contributed by atoms with Crippen LogP contribution >= 0.6 is 0 Å². The summed E-state index contributed by atoms with van der Waals surface area (Å²) in [6.45, 7) is 5.50. The summed E-state index contributed by atoms with van der Waals surface area (Å²) in [6.07, 6.45) is 0. The lowest BCUT2D eigenvalue weighted by molar-refractivity contribution is -0.142. The number of carbonyl (C=O) groups is 1. The van der Waals surface area contributed by atoms with E-state index in [1.54, 1.807) is 0 Å². The lowest BCUT2D eigenvalue weighted by Crippen LogP contribution is -2.11. The molecule has 6 heteroatoms. The van der Waals surface area contributed by atoms with Crippen molar-refractivity contribution in [3.8, 4) is 0 Å². The Morgan fingerprint density at radius 2 is 2.13 bits per heavy atom. The Morgan fingerprint density at radius 3 is 2.60 bits per heavy atom. The molecule has 1 aromatic rings. The van der Waals surface area contributed by atoms with Crippen molar-refractivity contribution in [2.75, 3.05) is 6.61 Å². The first-order valence-electron chi connectivity index (χ1n) is 4.52. The minimum absolute atomic E-state index is 0.0232. The summed E-state index contributed by atoms with van der Waals surface area (Å²) in [4.78, 5) is 10.2. The third kappa shape index (κ3) is 3.67. The number of hydrogen-bond donors (Lipinski definition) is 1. The highest BCUT2D eigenvalue weighted by Gasteiger charge is 2.21. The molecule has 0 aliphatic heterocycles. The standard InChI is InChI=1S/C9H14N2O4/c1-9(2,3)8-11-10-6(15-8)4-14-5-7(12)13/h4-5H2,1-3H3,(H,12,13). The van der Waals surface area contributed by atoms with Gasteiger partial charge in [0.15, 0.2) is 0 Å². The summed E-state index contributed by atoms with van der Waals surface area (Å²) in [7, 11) is 0. The Kier molecular flexibility index (Phi) is 3.41. The molecule has 0 atom stereocenters. The second-order valence-corrected chi connectivity index (χ2v) is 4.14. The van der Waals surface area contributed by atoms with Crippen LogP contribution in [0.2, 0.25) is 0 Å². The number of hydrogen-bond acceptors (Lipinski definition) is 5. The maximum Gasteiger partial charge on any atom is 0.329 e. The molecule has 0 aliphatic carbocycles. The highest BCUT2D eigenvalue weighted by atomic mass is 16.5. The van der Waals surface area contributed by atoms with Crippen LogP contribution in [0.1, 0.15) is 32.6 Å². The zero-order valence-electron chi connectivity index (χ0n) is 8.98. The summed E-state index contributed by atoms with van der Waals surface area (Å²) < 4.78 is 10.1. The number of carboxylic acids is 1. The third-order valence-corrected chi connectivity index (χ3v) is 1.56. The number of aliphatic carboxylic acids is 1. The maximum atomic E-state index is 10.2. The second-order valence-electron chi connectivity index (χ2n) is 4.14. The number of rotatable bonds is 4. The third-order valence-electron chi connectivity index (χ3n) is 1.56. The molecule has 1 heterocycles. The normalized spacial score (nSPS) is 11.7. The van der Waals surface area contributed by atoms with Crippen molar-refractivity contribution >= 4 is 5.97 Å². The van der Waals surface area contributed by atoms with Crippen molar-refractivity contribution in [2.45, 2.75) is 32.8 Å². The largest absolute Gasteiger partial charge is 0.480 e. The van der Waals surface area contributed by atoms with Gasteiger partial charge in [-0.15, -0.1) is 10.2 Å². The first-order valence-corrected chi connectivity index (χ1v) is 4.52. The van der Waals surface area contributed by atoms with Gasteiger partial charge in [-0.1, -0.05) is 20.8 Å². The molecular weight excluding hydrogens is 200 g/mol. The van der Waals surface area contributed by atoms with Gasteiger partial charge in [0.2, 0.25) is 11.8 Å². The lowest BCUT2D eigenvalue weighted by atomic mass is 9.97. The molecule has 0 amide bonds. The van der Waals surface area contributed by atoms with Crippen LogP contribution in [0.3, 0.4) is 0 Å². The molecule has 0 aromatic carbocycles. The molecule has 0 aliphatic rings. The van der Waals surface area contributed by atoms with Crippen molar-refractivity contribution in [2.24, 2.45) is 0 Å². The zero-order chi connectivity index (χ0) is 11.5. The SMILES string of the molecule is CC(C)(C)c1nnc(COCC(=O)O)o1. The van der Waals surface area contributed by atoms with Crippen molar-refractivity contribution < 1.29 is 19.1 Å². The second kappa shape index (κ2) is 4.39. The van der Waals surface area contributed by atoms with Gasteiger partial charge in [0.1, 0.15) is 13.2 Å². The lowest BCUT2D eigenvalue weighted by Gasteiger charge is -2.10. The summed E-state index contributed by atoms with van der Waals surface area (Å²) in [5, 5.41) is 15.9. The van der Waals surface area contributed by atoms with E-state index in [0.717, 1.165) is 0 Å². The van der Waals surface area contributed by atoms with Crippen molar-refractivity contribution in [3.05, 3.63) is 11.8 Å². The van der Waals surface area contributed by atoms with Crippen molar-refractivity contribution in [1.29, 1.82) is 0 Å². The Hall–Kier alpha value is -1.43. The Morgan fingerprint density at radius 1 is 1.47 bits per heavy atom. The summed E-state index contributed by atoms with van der Waals surface area (Å²) in [5.74, 6) is -0.219. The number of aromatic nitrogens is 2. The summed E-state index contributed by atoms with van der Waals surface area (Å²) in [5.41, 5.74) is -0.210. The highest BCUT2D eigenvalue weighted by Crippen LogP contribution is 2.20. The molecule has 1 N–H and O–H groups in total. The highest BCUT2D eigenvalue weighted by molar-refractivity contribution is 5.67. The Balaban J connectivity index is 2.50. The summed E-state index contributed by atoms with van der Waals surface area (Å²) in [6, 6.07) is 0. The van der Waals surface area contributed by atoms with Crippen LogP contribution in [-0.2, 0) is 21.6 Å². The number of nitrogens with zero attached hydrogens (tertiary/aromatic N) is 2. The number of carboxylic acid groups (broad SMARTS) is 1. The van der Waals surface area contributed by atoms with Gasteiger partial charge in [-0.2, -0.15) is 0 Å². The van der Waals surface area contributed by atoms with Crippen LogP contribution in [0.25, 0.3) is 0 Å². The van der Waals surface area contributed by atoms with Gasteiger partial charge in [0, 0.05) is 5.41 Å². The molecule has 0 saturated carbocycles. The molecule has 0 spiro atoms. The van der Waals surface area contributed by atoms with Crippen LogP contribution in [0.5, 0.6) is 0 Å². The van der Waals surface area contributed by atoms with Crippen LogP contribution in [0.4, 0.5) is 0 Å². The van der Waals surface area contributed by atoms with E-state index in [2.05, 4.69) is 10.2 Å². The molecule has 0 radical (unpaired) electrons. The molecule has 1 aromatic heterocycles. The van der Waals surface area contributed by atoms with E-state index in [4.69, 9.17) is 14.3 Å². The fourth-order valence-electron chi connectivity index (χ4n) is 0.841. The van der Waals surface area contributed by atoms with Crippen molar-refractivity contribution in [1.82, 2.24) is 10.2 Å². The minimum atomic E-state index is -1.02. The molecule has 1 rings (SSSR count). The van der Waals surface area contributed by atoms with Gasteiger partial charge < -0.3 is 14.3 Å². The first-order chi connectivity index (χ1) is 6.89. The molecule has 0 fully saturated rings. The van der Waals surface area contributed by atoms with Gasteiger partial charge in [-0.05, 0) is 0 Å². The minimum Gasteiger partial charge on any atom is -0.480 e. The monoisotopic (exact) mass is 214 g/mol. The van der Waals surface area contributed by atoms with Crippen LogP contribution in [0, 0.1) is 0 Å². The van der Waals surface area contributed by atoms with Gasteiger partial charge in [-0.3, -0.25) is 0 Å². The van der Waals surface area contributed by atoms with Crippen LogP contribution < -0.4 is 0 Å². The topological polar surface area (TPSA) is 85.5 Å². The average molecular weight is 214 g/mol. The predicted molar refractivity (Wildman–Crippen MR) is 50.3 cm³/mol. The van der Waals surface area contributed by atoms with E-state index in [-0.39, 0.29) is 18.6 Å². The molecule has 84 valence electrons. The van der Waals surface area contributed by atoms with Gasteiger partial charge in [0.05, 0.1) is 0 Å². The first kappa shape index (κ1) is 11.6. The summed E-state index contributed by atoms with van der Waals surface area (Å²) >= 11 is 0. The maximum absolute atomic E-state index is 10.2. The van der Waals surface area contributed by atoms with Crippen LogP contribution in [0.15, 0.2) is 4.42 Å². The quantitative estimate of drug-likeness (QED) is 0.803. The number of ether oxygens (including phenoxy) is 1. The van der Waals surface area contributed by atoms with E-state index in [1.165, 1.54) is 0 Å². The molecule has 0 saturated heterocycles. The van der Waals surface area contributed by atoms with E-state index in [0.29, 0.717) is 11.8 Å². The molecule has 6 nitrogen and oxygen atoms in total.